The van der Waals surface area contributed by atoms with E-state index in [4.69, 9.17) is 4.74 Å². The van der Waals surface area contributed by atoms with Gasteiger partial charge in [-0.25, -0.2) is 0 Å². The first-order chi connectivity index (χ1) is 7.61. The topological polar surface area (TPSA) is 29.5 Å². The van der Waals surface area contributed by atoms with Gasteiger partial charge in [-0.2, -0.15) is 0 Å². The number of halogens is 1. The minimum Gasteiger partial charge on any atom is -0.497 e. The van der Waals surface area contributed by atoms with Crippen molar-refractivity contribution in [1.29, 1.82) is 0 Å². The maximum absolute atomic E-state index is 11.8. The molecule has 1 aromatic rings. The molecule has 1 heterocycles. The van der Waals surface area contributed by atoms with Crippen molar-refractivity contribution in [2.45, 2.75) is 5.25 Å². The van der Waals surface area contributed by atoms with Gasteiger partial charge in [0.15, 0.2) is 0 Å². The Morgan fingerprint density at radius 1 is 1.41 bits per heavy atom. The van der Waals surface area contributed by atoms with Gasteiger partial charge in [-0.05, 0) is 31.8 Å². The van der Waals surface area contributed by atoms with E-state index in [0.29, 0.717) is 0 Å². The number of methoxy groups -OCH3 is 1. The summed E-state index contributed by atoms with van der Waals surface area (Å²) in [5.74, 6) is 0.748. The van der Waals surface area contributed by atoms with Crippen molar-refractivity contribution in [1.82, 2.24) is 4.90 Å². The number of nitrogens with zero attached hydrogens (tertiary/aromatic N) is 1. The molecule has 2 rings (SSSR count). The van der Waals surface area contributed by atoms with Gasteiger partial charge in [-0.3, -0.25) is 4.79 Å². The number of fused-ring (bicyclic) bond motifs is 1. The number of hydrogen-bond donors (Lipinski definition) is 0. The molecule has 1 aliphatic heterocycles. The van der Waals surface area contributed by atoms with Gasteiger partial charge < -0.3 is 9.64 Å². The van der Waals surface area contributed by atoms with Gasteiger partial charge >= 0.3 is 0 Å². The molecule has 3 nitrogen and oxygen atoms in total. The molecule has 1 atom stereocenters. The molecule has 0 amide bonds. The molecule has 0 aliphatic carbocycles. The summed E-state index contributed by atoms with van der Waals surface area (Å²) in [6, 6.07) is 5.75. The van der Waals surface area contributed by atoms with E-state index in [-0.39, 0.29) is 22.8 Å². The number of hydrogen-bond acceptors (Lipinski definition) is 4. The average Bonchev–Trinajstić information content (AvgIpc) is 2.54. The summed E-state index contributed by atoms with van der Waals surface area (Å²) >= 11 is 1.41. The summed E-state index contributed by atoms with van der Waals surface area (Å²) in [6.45, 7) is 0.885. The molecule has 0 spiro atoms. The number of carbonyl (C=O) groups excluding carboxylic acids is 1. The van der Waals surface area contributed by atoms with Gasteiger partial charge in [0.1, 0.15) is 5.75 Å². The van der Waals surface area contributed by atoms with Gasteiger partial charge in [-0.15, -0.1) is 12.4 Å². The summed E-state index contributed by atoms with van der Waals surface area (Å²) in [5, 5.41) is 0.407. The number of likely N-dealkylation sites (N-methyl/N-ethyl adjacent to an activating group) is 1. The van der Waals surface area contributed by atoms with Gasteiger partial charge in [0.25, 0.3) is 0 Å². The predicted molar refractivity (Wildman–Crippen MR) is 73.5 cm³/mol. The summed E-state index contributed by atoms with van der Waals surface area (Å²) in [5.41, 5.74) is 1.93. The molecule has 94 valence electrons. The van der Waals surface area contributed by atoms with Crippen molar-refractivity contribution in [3.63, 3.8) is 0 Å². The highest BCUT2D eigenvalue weighted by atomic mass is 35.5. The smallest absolute Gasteiger partial charge is 0.220 e. The van der Waals surface area contributed by atoms with Crippen LogP contribution in [0.5, 0.6) is 5.75 Å². The third-order valence-corrected chi connectivity index (χ3v) is 3.73. The first-order valence-electron chi connectivity index (χ1n) is 5.15. The van der Waals surface area contributed by atoms with Gasteiger partial charge in [0.05, 0.1) is 12.4 Å². The van der Waals surface area contributed by atoms with Crippen molar-refractivity contribution >= 4 is 29.3 Å². The van der Waals surface area contributed by atoms with Crippen LogP contribution in [-0.4, -0.2) is 37.8 Å². The second kappa shape index (κ2) is 5.76. The van der Waals surface area contributed by atoms with Gasteiger partial charge in [0.2, 0.25) is 5.12 Å². The van der Waals surface area contributed by atoms with E-state index in [2.05, 4.69) is 4.90 Å². The number of ether oxygens (including phenoxy) is 1. The Hall–Kier alpha value is -0.710. The zero-order chi connectivity index (χ0) is 11.7. The monoisotopic (exact) mass is 273 g/mol. The van der Waals surface area contributed by atoms with E-state index < -0.39 is 0 Å². The molecule has 1 unspecified atom stereocenters. The fourth-order valence-corrected chi connectivity index (χ4v) is 3.11. The maximum atomic E-state index is 11.8. The Kier molecular flexibility index (Phi) is 4.86. The van der Waals surface area contributed by atoms with Gasteiger partial charge in [0, 0.05) is 12.1 Å². The average molecular weight is 274 g/mol. The van der Waals surface area contributed by atoms with E-state index in [9.17, 15) is 4.79 Å². The minimum absolute atomic E-state index is 0. The highest BCUT2D eigenvalue weighted by Crippen LogP contribution is 2.42. The largest absolute Gasteiger partial charge is 0.497 e. The van der Waals surface area contributed by atoms with Crippen molar-refractivity contribution in [3.8, 4) is 5.75 Å². The third kappa shape index (κ3) is 2.94. The lowest BCUT2D eigenvalue weighted by molar-refractivity contribution is 0.109. The van der Waals surface area contributed by atoms with Crippen LogP contribution in [0.15, 0.2) is 18.2 Å². The zero-order valence-corrected chi connectivity index (χ0v) is 11.7. The normalized spacial score (nSPS) is 17.9. The van der Waals surface area contributed by atoms with E-state index in [1.807, 2.05) is 32.3 Å². The first kappa shape index (κ1) is 14.4. The van der Waals surface area contributed by atoms with Crippen molar-refractivity contribution in [3.05, 3.63) is 29.3 Å². The number of thioether (sulfide) groups is 1. The highest BCUT2D eigenvalue weighted by molar-refractivity contribution is 8.14. The Morgan fingerprint density at radius 3 is 2.71 bits per heavy atom. The molecule has 0 saturated heterocycles. The third-order valence-electron chi connectivity index (χ3n) is 2.61. The van der Waals surface area contributed by atoms with Crippen LogP contribution in [0.3, 0.4) is 0 Å². The molecule has 5 heteroatoms. The van der Waals surface area contributed by atoms with Crippen LogP contribution in [-0.2, 0) is 0 Å². The Morgan fingerprint density at radius 2 is 2.12 bits per heavy atom. The fourth-order valence-electron chi connectivity index (χ4n) is 1.84. The molecular weight excluding hydrogens is 258 g/mol. The van der Waals surface area contributed by atoms with Crippen LogP contribution in [0.4, 0.5) is 0 Å². The molecular formula is C12H16ClNO2S. The lowest BCUT2D eigenvalue weighted by atomic mass is 10.0. The quantitative estimate of drug-likeness (QED) is 0.847. The zero-order valence-electron chi connectivity index (χ0n) is 10.1. The van der Waals surface area contributed by atoms with E-state index >= 15 is 0 Å². The van der Waals surface area contributed by atoms with Crippen molar-refractivity contribution in [2.75, 3.05) is 27.7 Å². The van der Waals surface area contributed by atoms with Crippen LogP contribution < -0.4 is 4.74 Å². The fraction of sp³-hybridized carbons (Fsp3) is 0.417. The second-order valence-corrected chi connectivity index (χ2v) is 5.28. The number of carbonyl (C=O) groups is 1. The van der Waals surface area contributed by atoms with Crippen LogP contribution in [0.25, 0.3) is 0 Å². The molecule has 0 radical (unpaired) electrons. The van der Waals surface area contributed by atoms with Crippen molar-refractivity contribution in [2.24, 2.45) is 0 Å². The number of benzene rings is 1. The summed E-state index contributed by atoms with van der Waals surface area (Å²) < 4.78 is 5.13. The molecule has 1 aromatic carbocycles. The Labute approximate surface area is 112 Å². The highest BCUT2D eigenvalue weighted by Gasteiger charge is 2.30. The van der Waals surface area contributed by atoms with Crippen LogP contribution >= 0.6 is 24.2 Å². The van der Waals surface area contributed by atoms with Crippen LogP contribution in [0, 0.1) is 0 Å². The lowest BCUT2D eigenvalue weighted by Crippen LogP contribution is -2.17. The molecule has 17 heavy (non-hydrogen) atoms. The van der Waals surface area contributed by atoms with Gasteiger partial charge in [-0.1, -0.05) is 17.8 Å². The van der Waals surface area contributed by atoms with Crippen LogP contribution in [0.1, 0.15) is 21.2 Å². The van der Waals surface area contributed by atoms with E-state index in [1.165, 1.54) is 11.8 Å². The molecule has 0 fully saturated rings. The van der Waals surface area contributed by atoms with Crippen molar-refractivity contribution < 1.29 is 9.53 Å². The first-order valence-corrected chi connectivity index (χ1v) is 6.03. The second-order valence-electron chi connectivity index (χ2n) is 4.11. The SMILES string of the molecule is COc1ccc2c(c1)C(=O)SC2CN(C)C.Cl. The van der Waals surface area contributed by atoms with Crippen LogP contribution in [0.2, 0.25) is 0 Å². The summed E-state index contributed by atoms with van der Waals surface area (Å²) in [6.07, 6.45) is 0. The molecule has 0 saturated carbocycles. The molecule has 1 aliphatic rings. The predicted octanol–water partition coefficient (Wildman–Crippen LogP) is 2.61. The molecule has 0 N–H and O–H groups in total. The number of rotatable bonds is 3. The van der Waals surface area contributed by atoms with E-state index in [0.717, 1.165) is 23.4 Å². The Bertz CT molecular complexity index is 423. The molecule has 0 aromatic heterocycles. The molecule has 0 bridgehead atoms. The minimum atomic E-state index is 0. The lowest BCUT2D eigenvalue weighted by Gasteiger charge is -2.15. The summed E-state index contributed by atoms with van der Waals surface area (Å²) in [4.78, 5) is 13.9. The summed E-state index contributed by atoms with van der Waals surface area (Å²) in [7, 11) is 5.66. The standard InChI is InChI=1S/C12H15NO2S.ClH/c1-13(2)7-11-9-5-4-8(15-3)6-10(9)12(14)16-11;/h4-6,11H,7H2,1-3H3;1H. The van der Waals surface area contributed by atoms with E-state index in [1.54, 1.807) is 7.11 Å². The maximum Gasteiger partial charge on any atom is 0.220 e. The Balaban J connectivity index is 0.00000144.